The molecule has 0 aliphatic rings. The highest BCUT2D eigenvalue weighted by Gasteiger charge is 2.14. The summed E-state index contributed by atoms with van der Waals surface area (Å²) in [5, 5.41) is 0.157. The fourth-order valence-corrected chi connectivity index (χ4v) is 1.82. The maximum absolute atomic E-state index is 13.5. The molecule has 2 rings (SSSR count). The molecule has 1 aromatic carbocycles. The van der Waals surface area contributed by atoms with Gasteiger partial charge in [0.15, 0.2) is 11.6 Å². The number of hydrogen-bond donors (Lipinski definition) is 0. The van der Waals surface area contributed by atoms with Crippen LogP contribution in [0.15, 0.2) is 27.6 Å². The van der Waals surface area contributed by atoms with Crippen molar-refractivity contribution < 1.29 is 8.78 Å². The molecule has 1 heterocycles. The number of aromatic nitrogens is 1. The minimum absolute atomic E-state index is 0.0146. The predicted molar refractivity (Wildman–Crippen MR) is 56.8 cm³/mol. The number of halogens is 3. The van der Waals surface area contributed by atoms with Crippen LogP contribution in [0.2, 0.25) is 0 Å². The second-order valence-corrected chi connectivity index (χ2v) is 4.04. The summed E-state index contributed by atoms with van der Waals surface area (Å²) in [4.78, 5) is 11.6. The lowest BCUT2D eigenvalue weighted by atomic mass is 10.1. The van der Waals surface area contributed by atoms with E-state index in [1.54, 1.807) is 6.07 Å². The lowest BCUT2D eigenvalue weighted by Crippen LogP contribution is -2.17. The van der Waals surface area contributed by atoms with Gasteiger partial charge in [0.1, 0.15) is 0 Å². The summed E-state index contributed by atoms with van der Waals surface area (Å²) in [5.74, 6) is -2.15. The van der Waals surface area contributed by atoms with Gasteiger partial charge in [-0.1, -0.05) is 0 Å². The molecule has 0 unspecified atom stereocenters. The molecule has 0 N–H and O–H groups in total. The smallest absolute Gasteiger partial charge is 0.261 e. The van der Waals surface area contributed by atoms with E-state index in [0.717, 1.165) is 0 Å². The molecule has 0 aliphatic heterocycles. The topological polar surface area (TPSA) is 22.0 Å². The first kappa shape index (κ1) is 10.3. The third-order valence-electron chi connectivity index (χ3n) is 2.20. The molecule has 0 amide bonds. The zero-order valence-electron chi connectivity index (χ0n) is 7.72. The van der Waals surface area contributed by atoms with Crippen LogP contribution >= 0.6 is 15.9 Å². The molecule has 5 heteroatoms. The van der Waals surface area contributed by atoms with Crippen molar-refractivity contribution in [2.24, 2.45) is 7.05 Å². The Kier molecular flexibility index (Phi) is 2.34. The molecular weight excluding hydrogens is 268 g/mol. The Morgan fingerprint density at radius 2 is 2.00 bits per heavy atom. The van der Waals surface area contributed by atoms with Gasteiger partial charge in [0.25, 0.3) is 5.56 Å². The molecule has 0 fully saturated rings. The number of hydrogen-bond acceptors (Lipinski definition) is 1. The van der Waals surface area contributed by atoms with Gasteiger partial charge in [0.05, 0.1) is 9.86 Å². The molecule has 0 atom stereocenters. The van der Waals surface area contributed by atoms with E-state index >= 15 is 0 Å². The Balaban J connectivity index is 3.07. The molecular formula is C10H6BrF2NO. The third-order valence-corrected chi connectivity index (χ3v) is 2.78. The molecule has 0 radical (unpaired) electrons. The van der Waals surface area contributed by atoms with Crippen LogP contribution in [0.3, 0.4) is 0 Å². The van der Waals surface area contributed by atoms with Crippen molar-refractivity contribution in [2.75, 3.05) is 0 Å². The minimum Gasteiger partial charge on any atom is -0.318 e. The molecule has 1 aromatic heterocycles. The normalized spacial score (nSPS) is 10.9. The quantitative estimate of drug-likeness (QED) is 0.677. The van der Waals surface area contributed by atoms with Gasteiger partial charge in [-0.05, 0) is 33.4 Å². The first-order valence-corrected chi connectivity index (χ1v) is 4.94. The number of rotatable bonds is 0. The van der Waals surface area contributed by atoms with E-state index in [0.29, 0.717) is 5.39 Å². The van der Waals surface area contributed by atoms with Crippen molar-refractivity contribution in [1.82, 2.24) is 4.57 Å². The lowest BCUT2D eigenvalue weighted by molar-refractivity contribution is 0.511. The van der Waals surface area contributed by atoms with Gasteiger partial charge in [0, 0.05) is 13.2 Å². The average Bonchev–Trinajstić information content (AvgIpc) is 2.20. The molecule has 0 aliphatic carbocycles. The first-order chi connectivity index (χ1) is 7.02. The standard InChI is InChI=1S/C10H6BrF2NO/c1-14-3-2-5-4-6(11)8(12)9(13)7(5)10(14)15/h2-4H,1H3. The van der Waals surface area contributed by atoms with Crippen LogP contribution in [0, 0.1) is 11.6 Å². The fraction of sp³-hybridized carbons (Fsp3) is 0.100. The Labute approximate surface area is 92.3 Å². The molecule has 15 heavy (non-hydrogen) atoms. The molecule has 0 spiro atoms. The molecule has 2 aromatic rings. The summed E-state index contributed by atoms with van der Waals surface area (Å²) in [6.07, 6.45) is 1.51. The number of nitrogens with zero attached hydrogens (tertiary/aromatic N) is 1. The summed E-state index contributed by atoms with van der Waals surface area (Å²) < 4.78 is 27.9. The summed E-state index contributed by atoms with van der Waals surface area (Å²) in [5.41, 5.74) is -0.545. The summed E-state index contributed by atoms with van der Waals surface area (Å²) in [6, 6.07) is 2.94. The third kappa shape index (κ3) is 1.47. The van der Waals surface area contributed by atoms with Gasteiger partial charge in [0.2, 0.25) is 0 Å². The minimum atomic E-state index is -1.11. The van der Waals surface area contributed by atoms with E-state index in [4.69, 9.17) is 0 Å². The maximum atomic E-state index is 13.5. The average molecular weight is 274 g/mol. The number of benzene rings is 1. The second kappa shape index (κ2) is 3.41. The van der Waals surface area contributed by atoms with Gasteiger partial charge in [-0.3, -0.25) is 4.79 Å². The SMILES string of the molecule is Cn1ccc2cc(Br)c(F)c(F)c2c1=O. The van der Waals surface area contributed by atoms with E-state index in [2.05, 4.69) is 15.9 Å². The molecule has 2 nitrogen and oxygen atoms in total. The van der Waals surface area contributed by atoms with Gasteiger partial charge >= 0.3 is 0 Å². The van der Waals surface area contributed by atoms with Crippen LogP contribution in [0.4, 0.5) is 8.78 Å². The van der Waals surface area contributed by atoms with E-state index in [1.165, 1.54) is 23.9 Å². The van der Waals surface area contributed by atoms with Crippen molar-refractivity contribution >= 4 is 26.7 Å². The molecule has 0 saturated heterocycles. The van der Waals surface area contributed by atoms with Crippen LogP contribution in [-0.4, -0.2) is 4.57 Å². The number of aryl methyl sites for hydroxylation is 1. The Bertz CT molecular complexity index is 606. The molecule has 78 valence electrons. The van der Waals surface area contributed by atoms with Crippen LogP contribution in [0.1, 0.15) is 0 Å². The monoisotopic (exact) mass is 273 g/mol. The Morgan fingerprint density at radius 1 is 1.33 bits per heavy atom. The van der Waals surface area contributed by atoms with Crippen LogP contribution < -0.4 is 5.56 Å². The number of pyridine rings is 1. The van der Waals surface area contributed by atoms with Crippen molar-refractivity contribution in [3.63, 3.8) is 0 Å². The highest BCUT2D eigenvalue weighted by Crippen LogP contribution is 2.24. The summed E-state index contributed by atoms with van der Waals surface area (Å²) in [7, 11) is 1.49. The van der Waals surface area contributed by atoms with E-state index in [1.807, 2.05) is 0 Å². The Hall–Kier alpha value is -1.23. The van der Waals surface area contributed by atoms with Gasteiger partial charge in [-0.2, -0.15) is 0 Å². The van der Waals surface area contributed by atoms with Crippen LogP contribution in [0.25, 0.3) is 10.8 Å². The van der Waals surface area contributed by atoms with E-state index in [9.17, 15) is 13.6 Å². The van der Waals surface area contributed by atoms with Crippen molar-refractivity contribution in [2.45, 2.75) is 0 Å². The van der Waals surface area contributed by atoms with Gasteiger partial charge < -0.3 is 4.57 Å². The largest absolute Gasteiger partial charge is 0.318 e. The van der Waals surface area contributed by atoms with Crippen molar-refractivity contribution in [1.29, 1.82) is 0 Å². The summed E-state index contributed by atoms with van der Waals surface area (Å²) >= 11 is 2.89. The summed E-state index contributed by atoms with van der Waals surface area (Å²) in [6.45, 7) is 0. The fourth-order valence-electron chi connectivity index (χ4n) is 1.40. The molecule has 0 saturated carbocycles. The van der Waals surface area contributed by atoms with E-state index in [-0.39, 0.29) is 9.86 Å². The Morgan fingerprint density at radius 3 is 2.67 bits per heavy atom. The van der Waals surface area contributed by atoms with Crippen molar-refractivity contribution in [3.8, 4) is 0 Å². The van der Waals surface area contributed by atoms with Gasteiger partial charge in [-0.25, -0.2) is 8.78 Å². The zero-order chi connectivity index (χ0) is 11.2. The second-order valence-electron chi connectivity index (χ2n) is 3.18. The highest BCUT2D eigenvalue weighted by molar-refractivity contribution is 9.10. The van der Waals surface area contributed by atoms with Crippen molar-refractivity contribution in [3.05, 3.63) is 44.8 Å². The predicted octanol–water partition coefficient (Wildman–Crippen LogP) is 2.58. The lowest BCUT2D eigenvalue weighted by Gasteiger charge is -2.04. The van der Waals surface area contributed by atoms with Crippen LogP contribution in [0.5, 0.6) is 0 Å². The maximum Gasteiger partial charge on any atom is 0.261 e. The van der Waals surface area contributed by atoms with E-state index < -0.39 is 17.2 Å². The number of fused-ring (bicyclic) bond motifs is 1. The first-order valence-electron chi connectivity index (χ1n) is 4.15. The highest BCUT2D eigenvalue weighted by atomic mass is 79.9. The van der Waals surface area contributed by atoms with Crippen LogP contribution in [-0.2, 0) is 7.05 Å². The van der Waals surface area contributed by atoms with Gasteiger partial charge in [-0.15, -0.1) is 0 Å². The zero-order valence-corrected chi connectivity index (χ0v) is 9.31. The molecule has 0 bridgehead atoms.